The topological polar surface area (TPSA) is 275 Å². The molecule has 0 spiro atoms. The van der Waals surface area contributed by atoms with E-state index in [1.165, 1.54) is 11.1 Å². The van der Waals surface area contributed by atoms with Crippen LogP contribution in [0, 0.1) is 39.4 Å². The number of aliphatic carboxylic acids is 1. The predicted octanol–water partition coefficient (Wildman–Crippen LogP) is 1.66. The minimum Gasteiger partial charge on any atom is -0.481 e. The molecule has 10 N–H and O–H groups in total. The number of ether oxygens (including phenoxy) is 6. The summed E-state index contributed by atoms with van der Waals surface area (Å²) in [5.74, 6) is 0.0476. The number of fused-ring (bicyclic) bond motifs is 4. The van der Waals surface area contributed by atoms with Gasteiger partial charge in [-0.25, -0.2) is 0 Å². The van der Waals surface area contributed by atoms with Gasteiger partial charge in [-0.3, -0.25) is 4.79 Å². The van der Waals surface area contributed by atoms with E-state index in [0.29, 0.717) is 37.5 Å². The van der Waals surface area contributed by atoms with Crippen molar-refractivity contribution < 1.29 is 84.3 Å². The number of allylic oxidation sites excluding steroid dienone is 3. The lowest BCUT2D eigenvalue weighted by molar-refractivity contribution is -0.388. The highest BCUT2D eigenvalue weighted by atomic mass is 16.8. The highest BCUT2D eigenvalue weighted by Crippen LogP contribution is 2.73. The number of rotatable bonds is 13. The maximum atomic E-state index is 13.8. The molecule has 2 saturated carbocycles. The maximum absolute atomic E-state index is 13.8. The van der Waals surface area contributed by atoms with E-state index in [1.807, 2.05) is 0 Å². The average molecular weight is 913 g/mol. The van der Waals surface area contributed by atoms with Gasteiger partial charge in [-0.15, -0.1) is 0 Å². The van der Waals surface area contributed by atoms with E-state index in [4.69, 9.17) is 28.4 Å². The normalized spacial score (nSPS) is 48.5. The number of carboxylic acid groups (broad SMARTS) is 1. The van der Waals surface area contributed by atoms with Crippen molar-refractivity contribution >= 4 is 5.97 Å². The van der Waals surface area contributed by atoms with Crippen LogP contribution in [0.3, 0.4) is 0 Å². The Morgan fingerprint density at radius 1 is 0.734 bits per heavy atom. The number of aliphatic hydroxyl groups excluding tert-OH is 9. The largest absolute Gasteiger partial charge is 0.481 e. The third kappa shape index (κ3) is 8.37. The molecule has 0 aromatic heterocycles. The van der Waals surface area contributed by atoms with Crippen molar-refractivity contribution in [3.05, 3.63) is 22.8 Å². The molecule has 64 heavy (non-hydrogen) atoms. The number of carbonyl (C=O) groups is 1. The molecule has 3 aliphatic heterocycles. The summed E-state index contributed by atoms with van der Waals surface area (Å²) >= 11 is 0. The molecule has 0 aromatic rings. The lowest BCUT2D eigenvalue weighted by atomic mass is 9.43. The molecular weight excluding hydrogens is 837 g/mol. The van der Waals surface area contributed by atoms with E-state index in [-0.39, 0.29) is 23.4 Å². The van der Waals surface area contributed by atoms with E-state index in [2.05, 4.69) is 54.5 Å². The Kier molecular flexibility index (Phi) is 14.9. The molecule has 17 heteroatoms. The first-order valence-corrected chi connectivity index (χ1v) is 23.6. The smallest absolute Gasteiger partial charge is 0.314 e. The Labute approximate surface area is 376 Å². The highest BCUT2D eigenvalue weighted by Gasteiger charge is 2.68. The number of hydrogen-bond donors (Lipinski definition) is 10. The maximum Gasteiger partial charge on any atom is 0.314 e. The lowest BCUT2D eigenvalue weighted by Gasteiger charge is -2.62. The first kappa shape index (κ1) is 50.2. The van der Waals surface area contributed by atoms with Crippen LogP contribution in [-0.2, 0) is 33.2 Å². The van der Waals surface area contributed by atoms with Gasteiger partial charge in [-0.05, 0) is 112 Å². The van der Waals surface area contributed by atoms with Gasteiger partial charge in [0.05, 0.1) is 31.3 Å². The molecule has 4 aliphatic carbocycles. The summed E-state index contributed by atoms with van der Waals surface area (Å²) in [6.07, 6.45) is -13.0. The monoisotopic (exact) mass is 913 g/mol. The second kappa shape index (κ2) is 19.0. The van der Waals surface area contributed by atoms with Crippen LogP contribution in [0.5, 0.6) is 0 Å². The third-order valence-corrected chi connectivity index (χ3v) is 17.4. The van der Waals surface area contributed by atoms with Gasteiger partial charge in [0.15, 0.2) is 18.9 Å². The summed E-state index contributed by atoms with van der Waals surface area (Å²) < 4.78 is 36.7. The van der Waals surface area contributed by atoms with E-state index in [0.717, 1.165) is 44.1 Å². The van der Waals surface area contributed by atoms with Crippen LogP contribution in [0.15, 0.2) is 22.8 Å². The molecule has 5 fully saturated rings. The van der Waals surface area contributed by atoms with E-state index in [9.17, 15) is 55.9 Å². The van der Waals surface area contributed by atoms with Crippen molar-refractivity contribution in [1.82, 2.24) is 0 Å². The number of aliphatic hydroxyl groups is 9. The molecule has 366 valence electrons. The van der Waals surface area contributed by atoms with Gasteiger partial charge >= 0.3 is 5.97 Å². The van der Waals surface area contributed by atoms with Gasteiger partial charge in [-0.1, -0.05) is 57.4 Å². The third-order valence-electron chi connectivity index (χ3n) is 17.4. The quantitative estimate of drug-likeness (QED) is 0.118. The Hall–Kier alpha value is -1.65. The first-order chi connectivity index (χ1) is 30.1. The predicted molar refractivity (Wildman–Crippen MR) is 227 cm³/mol. The summed E-state index contributed by atoms with van der Waals surface area (Å²) in [5.41, 5.74) is 1.55. The minimum absolute atomic E-state index is 0.0630. The second-order valence-electron chi connectivity index (χ2n) is 21.4. The van der Waals surface area contributed by atoms with Gasteiger partial charge in [0, 0.05) is 0 Å². The molecule has 3 heterocycles. The Morgan fingerprint density at radius 3 is 1.89 bits per heavy atom. The van der Waals surface area contributed by atoms with Crippen LogP contribution in [-0.4, -0.2) is 169 Å². The molecule has 7 rings (SSSR count). The fraction of sp³-hybridized carbons (Fsp3) is 0.894. The summed E-state index contributed by atoms with van der Waals surface area (Å²) in [6.45, 7) is 13.5. The molecule has 0 amide bonds. The molecule has 0 aromatic carbocycles. The molecule has 0 radical (unpaired) electrons. The molecule has 0 bridgehead atoms. The second-order valence-corrected chi connectivity index (χ2v) is 21.4. The molecule has 17 nitrogen and oxygen atoms in total. The lowest BCUT2D eigenvalue weighted by Crippen LogP contribution is -2.66. The van der Waals surface area contributed by atoms with Gasteiger partial charge in [0.2, 0.25) is 0 Å². The zero-order valence-corrected chi connectivity index (χ0v) is 38.5. The van der Waals surface area contributed by atoms with Crippen molar-refractivity contribution in [2.45, 2.75) is 205 Å². The van der Waals surface area contributed by atoms with Crippen LogP contribution < -0.4 is 0 Å². The number of hydrogen-bond acceptors (Lipinski definition) is 16. The molecule has 21 atom stereocenters. The van der Waals surface area contributed by atoms with Crippen molar-refractivity contribution in [1.29, 1.82) is 0 Å². The summed E-state index contributed by atoms with van der Waals surface area (Å²) in [6, 6.07) is 0. The summed E-state index contributed by atoms with van der Waals surface area (Å²) in [7, 11) is 0. The molecule has 3 saturated heterocycles. The highest BCUT2D eigenvalue weighted by molar-refractivity contribution is 5.82. The van der Waals surface area contributed by atoms with Crippen molar-refractivity contribution in [3.63, 3.8) is 0 Å². The van der Waals surface area contributed by atoms with E-state index >= 15 is 0 Å². The molecule has 7 aliphatic rings. The average Bonchev–Trinajstić information content (AvgIpc) is 3.58. The fourth-order valence-electron chi connectivity index (χ4n) is 13.8. The standard InChI is InChI=1S/C47H76O17/c1-22(2)9-8-10-23(3)24-14-18-47(43(57)58)26-11-12-30-44(4,5)31(15-16-45(30,6)25(26)13-17-46(24,47)7)62-42-39(64-41-37(56)35(54)33(52)29(20-49)61-41)38(27(50)21-59-42)63-40-36(55)34(53)32(51)28(19-48)60-40/h9,23-24,27-42,48-56H,8,10-21H2,1-7H3,(H,57,58)/t23-,24-,27+,28-,29-,30+,31+,32+,33+,34+,35+,36-,37-,38+,39-,40+,41+,42+,45-,46-,47+/m1/s1. The van der Waals surface area contributed by atoms with Crippen molar-refractivity contribution in [2.24, 2.45) is 39.4 Å². The van der Waals surface area contributed by atoms with Crippen LogP contribution >= 0.6 is 0 Å². The Balaban J connectivity index is 1.16. The van der Waals surface area contributed by atoms with Crippen LogP contribution in [0.4, 0.5) is 0 Å². The van der Waals surface area contributed by atoms with Crippen LogP contribution in [0.1, 0.15) is 113 Å². The zero-order chi connectivity index (χ0) is 46.8. The van der Waals surface area contributed by atoms with Crippen molar-refractivity contribution in [3.8, 4) is 0 Å². The zero-order valence-electron chi connectivity index (χ0n) is 38.5. The van der Waals surface area contributed by atoms with E-state index < -0.39 is 122 Å². The van der Waals surface area contributed by atoms with Gasteiger partial charge < -0.3 is 79.5 Å². The van der Waals surface area contributed by atoms with Crippen LogP contribution in [0.2, 0.25) is 0 Å². The van der Waals surface area contributed by atoms with Gasteiger partial charge in [-0.2, -0.15) is 0 Å². The molecule has 0 unspecified atom stereocenters. The summed E-state index contributed by atoms with van der Waals surface area (Å²) in [5, 5.41) is 107. The van der Waals surface area contributed by atoms with Gasteiger partial charge in [0.1, 0.15) is 67.1 Å². The minimum atomic E-state index is -1.85. The Bertz CT molecular complexity index is 1710. The summed E-state index contributed by atoms with van der Waals surface area (Å²) in [4.78, 5) is 13.8. The number of carboxylic acids is 1. The van der Waals surface area contributed by atoms with E-state index in [1.54, 1.807) is 0 Å². The molecular formula is C47H76O17. The van der Waals surface area contributed by atoms with Crippen molar-refractivity contribution in [2.75, 3.05) is 19.8 Å². The van der Waals surface area contributed by atoms with Gasteiger partial charge in [0.25, 0.3) is 0 Å². The van der Waals surface area contributed by atoms with Crippen LogP contribution in [0.25, 0.3) is 0 Å². The Morgan fingerprint density at radius 2 is 1.33 bits per heavy atom. The fourth-order valence-corrected chi connectivity index (χ4v) is 13.8. The first-order valence-electron chi connectivity index (χ1n) is 23.6. The SMILES string of the molecule is CC(C)=CCC[C@@H](C)[C@H]1CC[C@@]2(C(=O)O)C3=C(CC[C@]12C)[C@@]1(C)CC[C@H](O[C@@H]2OC[C@H](O)[C@H](O[C@@H]4O[C@H](CO)[C@H](O)[C@H](O)[C@H]4O)[C@H]2O[C@@H]2O[C@H](CO)[C@H](O)[C@H](O)[C@H]2O)C(C)(C)[C@@H]1CC3.